The van der Waals surface area contributed by atoms with E-state index in [1.165, 1.54) is 0 Å². The normalized spacial score (nSPS) is 11.5. The minimum absolute atomic E-state index is 0.686. The van der Waals surface area contributed by atoms with E-state index in [0.29, 0.717) is 19.1 Å². The van der Waals surface area contributed by atoms with Gasteiger partial charge in [0.15, 0.2) is 0 Å². The van der Waals surface area contributed by atoms with Crippen LogP contribution in [0.25, 0.3) is 0 Å². The van der Waals surface area contributed by atoms with Gasteiger partial charge in [-0.2, -0.15) is 0 Å². The van der Waals surface area contributed by atoms with Crippen molar-refractivity contribution in [1.29, 1.82) is 0 Å². The van der Waals surface area contributed by atoms with Gasteiger partial charge in [0.25, 0.3) is 0 Å². The Kier molecular flexibility index (Phi) is 9.76. The first kappa shape index (κ1) is 13.7. The molecular weight excluding hydrogens is 278 g/mol. The van der Waals surface area contributed by atoms with Crippen LogP contribution in [-0.2, 0) is 9.05 Å². The van der Waals surface area contributed by atoms with Crippen molar-refractivity contribution in [1.82, 2.24) is 0 Å². The van der Waals surface area contributed by atoms with Crippen LogP contribution in [-0.4, -0.2) is 41.3 Å². The average molecular weight is 299 g/mol. The molecule has 0 aromatic carbocycles. The average Bonchev–Trinajstić information content (AvgIpc) is 2.04. The Morgan fingerprint density at radius 1 is 1.00 bits per heavy atom. The van der Waals surface area contributed by atoms with Gasteiger partial charge in [-0.3, -0.25) is 0 Å². The summed E-state index contributed by atoms with van der Waals surface area (Å²) in [5.74, 6) is 0.686. The molecule has 0 radical (unpaired) electrons. The Labute approximate surface area is 90.4 Å². The van der Waals surface area contributed by atoms with E-state index < -0.39 is 21.5 Å². The van der Waals surface area contributed by atoms with Crippen LogP contribution >= 0.6 is 0 Å². The first-order valence-electron chi connectivity index (χ1n) is 4.89. The first-order valence-corrected chi connectivity index (χ1v) is 8.02. The molecule has 0 bridgehead atoms. The van der Waals surface area contributed by atoms with Crippen molar-refractivity contribution in [2.75, 3.05) is 19.8 Å². The quantitative estimate of drug-likeness (QED) is 0.643. The zero-order valence-corrected chi connectivity index (χ0v) is 11.6. The van der Waals surface area contributed by atoms with Gasteiger partial charge in [-0.05, 0) is 0 Å². The summed E-state index contributed by atoms with van der Waals surface area (Å²) in [4.78, 5) is 0. The van der Waals surface area contributed by atoms with Gasteiger partial charge in [-0.15, -0.1) is 0 Å². The van der Waals surface area contributed by atoms with Crippen molar-refractivity contribution < 1.29 is 9.05 Å². The van der Waals surface area contributed by atoms with E-state index >= 15 is 0 Å². The predicted octanol–water partition coefficient (Wildman–Crippen LogP) is 2.11. The molecule has 80 valence electrons. The van der Waals surface area contributed by atoms with Crippen LogP contribution in [0.2, 0.25) is 0 Å². The fourth-order valence-corrected chi connectivity index (χ4v) is 3.25. The van der Waals surface area contributed by atoms with Crippen LogP contribution in [0.3, 0.4) is 0 Å². The molecule has 0 aromatic rings. The molecule has 0 heterocycles. The first-order chi connectivity index (χ1) is 6.20. The summed E-state index contributed by atoms with van der Waals surface area (Å²) in [5.41, 5.74) is 0. The Hall–Kier alpha value is 0.698. The number of rotatable bonds is 8. The molecule has 0 aliphatic heterocycles. The Balaban J connectivity index is 3.44. The van der Waals surface area contributed by atoms with E-state index in [0.717, 1.165) is 13.0 Å². The van der Waals surface area contributed by atoms with Crippen molar-refractivity contribution in [2.24, 2.45) is 5.92 Å². The van der Waals surface area contributed by atoms with Crippen molar-refractivity contribution in [3.8, 4) is 0 Å². The third-order valence-corrected chi connectivity index (χ3v) is 5.16. The molecule has 0 unspecified atom stereocenters. The second-order valence-electron chi connectivity index (χ2n) is 3.07. The molecule has 0 aliphatic rings. The maximum absolute atomic E-state index is 5.57. The molecule has 0 saturated heterocycles. The van der Waals surface area contributed by atoms with E-state index in [-0.39, 0.29) is 0 Å². The van der Waals surface area contributed by atoms with Gasteiger partial charge in [0.2, 0.25) is 0 Å². The molecule has 0 saturated carbocycles. The molecule has 3 nitrogen and oxygen atoms in total. The van der Waals surface area contributed by atoms with Crippen molar-refractivity contribution in [3.63, 3.8) is 0 Å². The van der Waals surface area contributed by atoms with E-state index in [1.807, 2.05) is 13.8 Å². The summed E-state index contributed by atoms with van der Waals surface area (Å²) < 4.78 is 16.4. The summed E-state index contributed by atoms with van der Waals surface area (Å²) in [6, 6.07) is 0. The van der Waals surface area contributed by atoms with Crippen molar-refractivity contribution in [3.05, 3.63) is 0 Å². The van der Waals surface area contributed by atoms with Gasteiger partial charge in [-0.1, -0.05) is 0 Å². The summed E-state index contributed by atoms with van der Waals surface area (Å²) in [6.07, 6.45) is 1.08. The van der Waals surface area contributed by atoms with Crippen LogP contribution in [0.15, 0.2) is 0 Å². The summed E-state index contributed by atoms with van der Waals surface area (Å²) in [5, 5.41) is 0. The van der Waals surface area contributed by atoms with Crippen LogP contribution in [0.1, 0.15) is 34.1 Å². The van der Waals surface area contributed by atoms with E-state index in [4.69, 9.17) is 9.05 Å². The summed E-state index contributed by atoms with van der Waals surface area (Å²) in [6.45, 7) is 10.5. The molecule has 0 aliphatic carbocycles. The Morgan fingerprint density at radius 2 is 1.54 bits per heavy atom. The maximum atomic E-state index is 5.57. The second-order valence-corrected chi connectivity index (χ2v) is 6.56. The molecule has 0 spiro atoms. The Morgan fingerprint density at radius 3 is 1.92 bits per heavy atom. The monoisotopic (exact) mass is 298 g/mol. The van der Waals surface area contributed by atoms with Crippen LogP contribution < -0.4 is 0 Å². The van der Waals surface area contributed by atoms with Gasteiger partial charge in [0, 0.05) is 0 Å². The second kappa shape index (κ2) is 9.26. The van der Waals surface area contributed by atoms with E-state index in [2.05, 4.69) is 13.8 Å². The summed E-state index contributed by atoms with van der Waals surface area (Å²) in [7, 11) is 0. The predicted molar refractivity (Wildman–Crippen MR) is 54.4 cm³/mol. The van der Waals surface area contributed by atoms with Gasteiger partial charge >= 0.3 is 90.4 Å². The molecule has 0 atom stereocenters. The third-order valence-electron chi connectivity index (χ3n) is 1.36. The fourth-order valence-electron chi connectivity index (χ4n) is 0.686. The van der Waals surface area contributed by atoms with Crippen LogP contribution in [0.5, 0.6) is 0 Å². The van der Waals surface area contributed by atoms with Gasteiger partial charge in [0.05, 0.1) is 0 Å². The Bertz CT molecular complexity index is 103. The van der Waals surface area contributed by atoms with Crippen LogP contribution in [0, 0.1) is 5.92 Å². The SMILES string of the molecule is CC[O][Sb]([O]CC)[O]CCC(C)C. The van der Waals surface area contributed by atoms with Crippen LogP contribution in [0.4, 0.5) is 0 Å². The van der Waals surface area contributed by atoms with Gasteiger partial charge < -0.3 is 0 Å². The topological polar surface area (TPSA) is 27.7 Å². The standard InChI is InChI=1S/C5H11O.2C2H5O.Sb/c1-5(2)3-4-6;2*1-2-3;/h5H,3-4H2,1-2H3;2*2H2,1H3;/q3*-1;+3. The number of hydrogen-bond acceptors (Lipinski definition) is 3. The minimum atomic E-state index is -2.21. The van der Waals surface area contributed by atoms with Crippen molar-refractivity contribution in [2.45, 2.75) is 34.1 Å². The molecule has 0 rings (SSSR count). The molecule has 4 heteroatoms. The fraction of sp³-hybridized carbons (Fsp3) is 1.00. The molecule has 13 heavy (non-hydrogen) atoms. The van der Waals surface area contributed by atoms with E-state index in [9.17, 15) is 0 Å². The molecule has 0 amide bonds. The zero-order valence-electron chi connectivity index (χ0n) is 9.08. The third kappa shape index (κ3) is 9.01. The molecule has 0 fully saturated rings. The molecular formula is C9H21O3Sb. The molecule has 0 N–H and O–H groups in total. The van der Waals surface area contributed by atoms with E-state index in [1.54, 1.807) is 0 Å². The summed E-state index contributed by atoms with van der Waals surface area (Å²) >= 11 is -2.21. The number of hydrogen-bond donors (Lipinski definition) is 0. The zero-order chi connectivity index (χ0) is 10.1. The van der Waals surface area contributed by atoms with Gasteiger partial charge in [-0.25, -0.2) is 0 Å². The van der Waals surface area contributed by atoms with Gasteiger partial charge in [0.1, 0.15) is 0 Å². The van der Waals surface area contributed by atoms with Crippen molar-refractivity contribution >= 4 is 21.5 Å². The molecule has 0 aromatic heterocycles.